The molecule has 0 saturated carbocycles. The van der Waals surface area contributed by atoms with E-state index >= 15 is 0 Å². The number of nitrogens with zero attached hydrogens (tertiary/aromatic N) is 6. The predicted molar refractivity (Wildman–Crippen MR) is 101 cm³/mol. The molecule has 4 rings (SSSR count). The maximum absolute atomic E-state index is 6.29. The number of anilines is 1. The highest BCUT2D eigenvalue weighted by Gasteiger charge is 2.19. The maximum Gasteiger partial charge on any atom is 0.163 e. The third-order valence-corrected chi connectivity index (χ3v) is 5.14. The minimum atomic E-state index is 0.540. The van der Waals surface area contributed by atoms with Gasteiger partial charge in [-0.3, -0.25) is 0 Å². The molecule has 25 heavy (non-hydrogen) atoms. The van der Waals surface area contributed by atoms with E-state index in [4.69, 9.17) is 23.2 Å². The van der Waals surface area contributed by atoms with Gasteiger partial charge in [-0.25, -0.2) is 14.6 Å². The fourth-order valence-corrected chi connectivity index (χ4v) is 3.55. The van der Waals surface area contributed by atoms with Crippen molar-refractivity contribution >= 4 is 40.1 Å². The summed E-state index contributed by atoms with van der Waals surface area (Å²) in [5.41, 5.74) is 1.77. The average molecular weight is 377 g/mol. The van der Waals surface area contributed by atoms with Crippen LogP contribution in [0.1, 0.15) is 5.56 Å². The van der Waals surface area contributed by atoms with E-state index in [0.717, 1.165) is 48.6 Å². The molecule has 3 heterocycles. The molecule has 0 radical (unpaired) electrons. The van der Waals surface area contributed by atoms with E-state index in [1.165, 1.54) is 0 Å². The zero-order valence-corrected chi connectivity index (χ0v) is 15.4. The molecule has 6 nitrogen and oxygen atoms in total. The number of rotatable bonds is 3. The van der Waals surface area contributed by atoms with Gasteiger partial charge in [0.05, 0.1) is 18.1 Å². The topological polar surface area (TPSA) is 50.1 Å². The van der Waals surface area contributed by atoms with Crippen molar-refractivity contribution in [1.29, 1.82) is 0 Å². The quantitative estimate of drug-likeness (QED) is 0.703. The van der Waals surface area contributed by atoms with Crippen molar-refractivity contribution in [1.82, 2.24) is 24.6 Å². The summed E-state index contributed by atoms with van der Waals surface area (Å²) >= 11 is 12.3. The Labute approximate surface area is 156 Å². The third-order valence-electron chi connectivity index (χ3n) is 4.55. The first-order valence-corrected chi connectivity index (χ1v) is 8.91. The molecular formula is C17H18Cl2N6. The van der Waals surface area contributed by atoms with Gasteiger partial charge in [-0.2, -0.15) is 5.10 Å². The molecule has 1 aliphatic rings. The number of aromatic nitrogens is 4. The Balaban J connectivity index is 1.67. The van der Waals surface area contributed by atoms with E-state index in [-0.39, 0.29) is 0 Å². The summed E-state index contributed by atoms with van der Waals surface area (Å²) in [5.74, 6) is 0.951. The van der Waals surface area contributed by atoms with Gasteiger partial charge in [0, 0.05) is 36.2 Å². The van der Waals surface area contributed by atoms with Crippen LogP contribution in [0, 0.1) is 0 Å². The zero-order valence-electron chi connectivity index (χ0n) is 13.9. The molecule has 1 aromatic carbocycles. The van der Waals surface area contributed by atoms with Crippen LogP contribution in [0.25, 0.3) is 11.0 Å². The molecule has 0 unspecified atom stereocenters. The monoisotopic (exact) mass is 376 g/mol. The van der Waals surface area contributed by atoms with E-state index in [2.05, 4.69) is 31.9 Å². The molecule has 130 valence electrons. The molecule has 2 aromatic heterocycles. The lowest BCUT2D eigenvalue weighted by molar-refractivity contribution is 0.312. The summed E-state index contributed by atoms with van der Waals surface area (Å²) < 4.78 is 1.85. The van der Waals surface area contributed by atoms with Crippen molar-refractivity contribution < 1.29 is 0 Å². The van der Waals surface area contributed by atoms with Crippen molar-refractivity contribution in [3.05, 3.63) is 46.3 Å². The van der Waals surface area contributed by atoms with Gasteiger partial charge in [0.1, 0.15) is 12.1 Å². The van der Waals surface area contributed by atoms with Gasteiger partial charge in [0.2, 0.25) is 0 Å². The van der Waals surface area contributed by atoms with Crippen LogP contribution in [-0.2, 0) is 6.54 Å². The second-order valence-electron chi connectivity index (χ2n) is 6.26. The Morgan fingerprint density at radius 1 is 1.08 bits per heavy atom. The fraction of sp³-hybridized carbons (Fsp3) is 0.353. The Bertz CT molecular complexity index is 901. The van der Waals surface area contributed by atoms with Crippen LogP contribution in [0.3, 0.4) is 0 Å². The number of piperazine rings is 1. The standard InChI is InChI=1S/C17H18Cl2N6/c1-23-4-6-24(7-5-23)16-14-9-22-25(17(14)21-11-20-16)10-12-2-3-13(18)8-15(12)19/h2-3,8-9,11H,4-7,10H2,1H3. The summed E-state index contributed by atoms with van der Waals surface area (Å²) in [7, 11) is 2.14. The summed E-state index contributed by atoms with van der Waals surface area (Å²) in [6.45, 7) is 4.51. The minimum Gasteiger partial charge on any atom is -0.353 e. The molecule has 8 heteroatoms. The average Bonchev–Trinajstić information content (AvgIpc) is 3.01. The number of hydrogen-bond donors (Lipinski definition) is 0. The molecule has 1 fully saturated rings. The van der Waals surface area contributed by atoms with Gasteiger partial charge >= 0.3 is 0 Å². The summed E-state index contributed by atoms with van der Waals surface area (Å²) in [4.78, 5) is 13.6. The Morgan fingerprint density at radius 2 is 1.88 bits per heavy atom. The molecule has 1 saturated heterocycles. The van der Waals surface area contributed by atoms with Crippen molar-refractivity contribution in [3.8, 4) is 0 Å². The smallest absolute Gasteiger partial charge is 0.163 e. The molecule has 3 aromatic rings. The molecular weight excluding hydrogens is 359 g/mol. The highest BCUT2D eigenvalue weighted by atomic mass is 35.5. The molecule has 1 aliphatic heterocycles. The lowest BCUT2D eigenvalue weighted by Crippen LogP contribution is -2.44. The largest absolute Gasteiger partial charge is 0.353 e. The van der Waals surface area contributed by atoms with Crippen molar-refractivity contribution in [2.45, 2.75) is 6.54 Å². The van der Waals surface area contributed by atoms with Gasteiger partial charge in [-0.05, 0) is 24.7 Å². The van der Waals surface area contributed by atoms with Crippen LogP contribution < -0.4 is 4.90 Å². The Kier molecular flexibility index (Phi) is 4.50. The first-order chi connectivity index (χ1) is 12.1. The van der Waals surface area contributed by atoms with Gasteiger partial charge in [-0.1, -0.05) is 29.3 Å². The van der Waals surface area contributed by atoms with Crippen molar-refractivity contribution in [2.24, 2.45) is 0 Å². The molecule has 0 atom stereocenters. The summed E-state index contributed by atoms with van der Waals surface area (Å²) in [6, 6.07) is 5.49. The van der Waals surface area contributed by atoms with Crippen LogP contribution >= 0.6 is 23.2 Å². The number of benzene rings is 1. The van der Waals surface area contributed by atoms with Gasteiger partial charge in [-0.15, -0.1) is 0 Å². The first kappa shape index (κ1) is 16.6. The molecule has 0 aliphatic carbocycles. The van der Waals surface area contributed by atoms with Crippen molar-refractivity contribution in [3.63, 3.8) is 0 Å². The second-order valence-corrected chi connectivity index (χ2v) is 7.11. The number of halogens is 2. The SMILES string of the molecule is CN1CCN(c2ncnc3c2cnn3Cc2ccc(Cl)cc2Cl)CC1. The molecule has 0 bridgehead atoms. The van der Waals surface area contributed by atoms with Crippen LogP contribution in [0.15, 0.2) is 30.7 Å². The van der Waals surface area contributed by atoms with Crippen LogP contribution in [0.5, 0.6) is 0 Å². The lowest BCUT2D eigenvalue weighted by atomic mass is 10.2. The van der Waals surface area contributed by atoms with Gasteiger partial charge < -0.3 is 9.80 Å². The first-order valence-electron chi connectivity index (χ1n) is 8.16. The third kappa shape index (κ3) is 3.29. The fourth-order valence-electron chi connectivity index (χ4n) is 3.08. The number of fused-ring (bicyclic) bond motifs is 1. The zero-order chi connectivity index (χ0) is 17.4. The highest BCUT2D eigenvalue weighted by molar-refractivity contribution is 6.35. The summed E-state index contributed by atoms with van der Waals surface area (Å²) in [5, 5.41) is 6.73. The molecule has 0 spiro atoms. The van der Waals surface area contributed by atoms with Gasteiger partial charge in [0.15, 0.2) is 5.65 Å². The van der Waals surface area contributed by atoms with Gasteiger partial charge in [0.25, 0.3) is 0 Å². The van der Waals surface area contributed by atoms with E-state index in [9.17, 15) is 0 Å². The second kappa shape index (κ2) is 6.78. The highest BCUT2D eigenvalue weighted by Crippen LogP contribution is 2.26. The van der Waals surface area contributed by atoms with E-state index in [1.807, 2.05) is 23.0 Å². The minimum absolute atomic E-state index is 0.540. The van der Waals surface area contributed by atoms with Crippen molar-refractivity contribution in [2.75, 3.05) is 38.1 Å². The Morgan fingerprint density at radius 3 is 2.64 bits per heavy atom. The number of hydrogen-bond acceptors (Lipinski definition) is 5. The van der Waals surface area contributed by atoms with E-state index in [0.29, 0.717) is 16.6 Å². The van der Waals surface area contributed by atoms with Crippen LogP contribution in [-0.4, -0.2) is 57.9 Å². The lowest BCUT2D eigenvalue weighted by Gasteiger charge is -2.33. The van der Waals surface area contributed by atoms with E-state index in [1.54, 1.807) is 12.4 Å². The van der Waals surface area contributed by atoms with E-state index < -0.39 is 0 Å². The Hall–Kier alpha value is -1.89. The maximum atomic E-state index is 6.29. The number of likely N-dealkylation sites (N-methyl/N-ethyl adjacent to an activating group) is 1. The predicted octanol–water partition coefficient (Wildman–Crippen LogP) is 2.93. The normalized spacial score (nSPS) is 15.9. The summed E-state index contributed by atoms with van der Waals surface area (Å²) in [6.07, 6.45) is 3.45. The van der Waals surface area contributed by atoms with Crippen LogP contribution in [0.4, 0.5) is 5.82 Å². The van der Waals surface area contributed by atoms with Crippen LogP contribution in [0.2, 0.25) is 10.0 Å². The molecule has 0 amide bonds. The molecule has 0 N–H and O–H groups in total.